The molecule has 1 aliphatic rings. The topological polar surface area (TPSA) is 93.4 Å². The van der Waals surface area contributed by atoms with E-state index in [0.717, 1.165) is 40.8 Å². The van der Waals surface area contributed by atoms with Crippen LogP contribution in [0.3, 0.4) is 0 Å². The average molecular weight is 436 g/mol. The largest absolute Gasteiger partial charge is 0.423 e. The van der Waals surface area contributed by atoms with Crippen molar-refractivity contribution in [1.82, 2.24) is 19.7 Å². The Balaban J connectivity index is 1.82. The average Bonchev–Trinajstić information content (AvgIpc) is 3.22. The van der Waals surface area contributed by atoms with E-state index >= 15 is 0 Å². The lowest BCUT2D eigenvalue weighted by Gasteiger charge is -2.35. The van der Waals surface area contributed by atoms with Crippen molar-refractivity contribution in [1.29, 1.82) is 0 Å². The highest BCUT2D eigenvalue weighted by molar-refractivity contribution is 5.95. The van der Waals surface area contributed by atoms with E-state index < -0.39 is 0 Å². The van der Waals surface area contributed by atoms with Gasteiger partial charge in [-0.15, -0.1) is 0 Å². The number of carbonyl (C=O) groups excluding carboxylic acids is 1. The number of ether oxygens (including phenoxy) is 1. The molecule has 0 saturated heterocycles. The van der Waals surface area contributed by atoms with E-state index in [-0.39, 0.29) is 24.6 Å². The van der Waals surface area contributed by atoms with E-state index in [1.807, 2.05) is 23.2 Å². The summed E-state index contributed by atoms with van der Waals surface area (Å²) in [5, 5.41) is 13.6. The van der Waals surface area contributed by atoms with Crippen LogP contribution in [0.2, 0.25) is 0 Å². The molecular weight excluding hydrogens is 406 g/mol. The number of nitrogens with zero attached hydrogens (tertiary/aromatic N) is 5. The van der Waals surface area contributed by atoms with Crippen molar-refractivity contribution in [2.24, 2.45) is 0 Å². The summed E-state index contributed by atoms with van der Waals surface area (Å²) in [5.74, 6) is 0.971. The summed E-state index contributed by atoms with van der Waals surface area (Å²) in [7, 11) is 0. The Kier molecular flexibility index (Phi) is 6.23. The fourth-order valence-electron chi connectivity index (χ4n) is 4.12. The van der Waals surface area contributed by atoms with Crippen LogP contribution in [0.1, 0.15) is 51.2 Å². The fourth-order valence-corrected chi connectivity index (χ4v) is 4.12. The van der Waals surface area contributed by atoms with Crippen molar-refractivity contribution in [2.75, 3.05) is 11.5 Å². The predicted octanol–water partition coefficient (Wildman–Crippen LogP) is 3.94. The van der Waals surface area contributed by atoms with Crippen molar-refractivity contribution in [3.63, 3.8) is 0 Å². The SMILES string of the molecule is CC(=O)N1c2ccc(-c3cnn(CCO)c3)c(Oc3ncc(C(C)C)cn3)c2CC[C@@H]1C. The summed E-state index contributed by atoms with van der Waals surface area (Å²) in [5.41, 5.74) is 4.57. The summed E-state index contributed by atoms with van der Waals surface area (Å²) in [4.78, 5) is 23.1. The maximum absolute atomic E-state index is 12.4. The molecule has 0 aliphatic carbocycles. The van der Waals surface area contributed by atoms with Crippen LogP contribution in [-0.2, 0) is 17.8 Å². The van der Waals surface area contributed by atoms with Gasteiger partial charge in [0.15, 0.2) is 0 Å². The van der Waals surface area contributed by atoms with Gasteiger partial charge in [-0.05, 0) is 43.4 Å². The summed E-state index contributed by atoms with van der Waals surface area (Å²) in [6.45, 7) is 8.25. The molecule has 4 rings (SSSR count). The Morgan fingerprint density at radius 3 is 2.66 bits per heavy atom. The highest BCUT2D eigenvalue weighted by Crippen LogP contribution is 2.44. The van der Waals surface area contributed by atoms with Gasteiger partial charge in [0, 0.05) is 48.2 Å². The zero-order valence-corrected chi connectivity index (χ0v) is 18.9. The number of benzene rings is 1. The first kappa shape index (κ1) is 22.0. The first-order valence-electron chi connectivity index (χ1n) is 11.0. The number of aliphatic hydroxyl groups excluding tert-OH is 1. The molecule has 1 amide bonds. The molecule has 1 aliphatic heterocycles. The minimum atomic E-state index is 0.00505. The van der Waals surface area contributed by atoms with E-state index in [4.69, 9.17) is 4.74 Å². The second-order valence-corrected chi connectivity index (χ2v) is 8.49. The van der Waals surface area contributed by atoms with Crippen LogP contribution in [0, 0.1) is 0 Å². The number of amides is 1. The lowest BCUT2D eigenvalue weighted by atomic mass is 9.92. The molecule has 0 fully saturated rings. The molecule has 2 aromatic heterocycles. The Bertz CT molecular complexity index is 1110. The smallest absolute Gasteiger partial charge is 0.321 e. The monoisotopic (exact) mass is 435 g/mol. The molecule has 0 unspecified atom stereocenters. The van der Waals surface area contributed by atoms with Crippen LogP contribution in [0.4, 0.5) is 5.69 Å². The van der Waals surface area contributed by atoms with Gasteiger partial charge in [-0.25, -0.2) is 9.97 Å². The number of carbonyl (C=O) groups is 1. The second kappa shape index (κ2) is 9.08. The number of anilines is 1. The number of rotatable bonds is 6. The highest BCUT2D eigenvalue weighted by atomic mass is 16.5. The van der Waals surface area contributed by atoms with Crippen molar-refractivity contribution >= 4 is 11.6 Å². The Morgan fingerprint density at radius 1 is 1.25 bits per heavy atom. The number of aliphatic hydroxyl groups is 1. The molecule has 168 valence electrons. The van der Waals surface area contributed by atoms with Crippen LogP contribution in [0.25, 0.3) is 11.1 Å². The summed E-state index contributed by atoms with van der Waals surface area (Å²) in [6, 6.07) is 4.30. The van der Waals surface area contributed by atoms with Gasteiger partial charge < -0.3 is 14.7 Å². The van der Waals surface area contributed by atoms with Crippen molar-refractivity contribution in [3.05, 3.63) is 48.0 Å². The highest BCUT2D eigenvalue weighted by Gasteiger charge is 2.30. The number of hydrogen-bond donors (Lipinski definition) is 1. The van der Waals surface area contributed by atoms with Crippen molar-refractivity contribution in [2.45, 2.75) is 59.0 Å². The van der Waals surface area contributed by atoms with E-state index in [2.05, 4.69) is 35.8 Å². The van der Waals surface area contributed by atoms with E-state index in [0.29, 0.717) is 18.2 Å². The van der Waals surface area contributed by atoms with E-state index in [1.165, 1.54) is 0 Å². The maximum Gasteiger partial charge on any atom is 0.321 e. The number of fused-ring (bicyclic) bond motifs is 1. The summed E-state index contributed by atoms with van der Waals surface area (Å²) < 4.78 is 7.97. The number of hydrogen-bond acceptors (Lipinski definition) is 6. The predicted molar refractivity (Wildman–Crippen MR) is 122 cm³/mol. The minimum absolute atomic E-state index is 0.00505. The molecule has 3 heterocycles. The first-order valence-corrected chi connectivity index (χ1v) is 11.0. The van der Waals surface area contributed by atoms with Crippen LogP contribution in [-0.4, -0.2) is 43.4 Å². The Hall–Kier alpha value is -3.26. The van der Waals surface area contributed by atoms with Gasteiger partial charge in [-0.2, -0.15) is 5.10 Å². The molecule has 3 aromatic rings. The molecule has 8 nitrogen and oxygen atoms in total. The quantitative estimate of drug-likeness (QED) is 0.630. The molecule has 1 atom stereocenters. The van der Waals surface area contributed by atoms with Gasteiger partial charge in [0.1, 0.15) is 5.75 Å². The second-order valence-electron chi connectivity index (χ2n) is 8.49. The summed E-state index contributed by atoms with van der Waals surface area (Å²) >= 11 is 0. The van der Waals surface area contributed by atoms with Crippen LogP contribution < -0.4 is 9.64 Å². The fraction of sp³-hybridized carbons (Fsp3) is 0.417. The minimum Gasteiger partial charge on any atom is -0.423 e. The zero-order valence-electron chi connectivity index (χ0n) is 18.9. The van der Waals surface area contributed by atoms with Gasteiger partial charge in [0.2, 0.25) is 5.91 Å². The van der Waals surface area contributed by atoms with Crippen molar-refractivity contribution < 1.29 is 14.6 Å². The van der Waals surface area contributed by atoms with Gasteiger partial charge >= 0.3 is 6.01 Å². The molecular formula is C24H29N5O3. The molecule has 0 saturated carbocycles. The first-order chi connectivity index (χ1) is 15.4. The lowest BCUT2D eigenvalue weighted by Crippen LogP contribution is -2.40. The third-order valence-electron chi connectivity index (χ3n) is 5.87. The molecule has 0 radical (unpaired) electrons. The Morgan fingerprint density at radius 2 is 2.00 bits per heavy atom. The van der Waals surface area contributed by atoms with Crippen molar-refractivity contribution in [3.8, 4) is 22.9 Å². The van der Waals surface area contributed by atoms with E-state index in [1.54, 1.807) is 30.2 Å². The van der Waals surface area contributed by atoms with E-state index in [9.17, 15) is 9.90 Å². The van der Waals surface area contributed by atoms with Gasteiger partial charge in [0.25, 0.3) is 0 Å². The molecule has 8 heteroatoms. The number of aromatic nitrogens is 4. The Labute approximate surface area is 187 Å². The maximum atomic E-state index is 12.4. The molecule has 32 heavy (non-hydrogen) atoms. The van der Waals surface area contributed by atoms with Gasteiger partial charge in [-0.3, -0.25) is 9.48 Å². The van der Waals surface area contributed by atoms with Crippen LogP contribution >= 0.6 is 0 Å². The molecule has 0 bridgehead atoms. The van der Waals surface area contributed by atoms with Crippen LogP contribution in [0.5, 0.6) is 11.8 Å². The standard InChI is InChI=1S/C24H29N5O3/c1-15(2)18-11-25-24(26-12-18)32-23-20(19-13-27-28(14-19)9-10-30)7-8-22-21(23)6-5-16(3)29(22)17(4)31/h7-8,11-16,30H,5-6,9-10H2,1-4H3/t16-/m0/s1. The zero-order chi connectivity index (χ0) is 22.8. The van der Waals surface area contributed by atoms with Gasteiger partial charge in [-0.1, -0.05) is 13.8 Å². The van der Waals surface area contributed by atoms with Gasteiger partial charge in [0.05, 0.1) is 25.0 Å². The third-order valence-corrected chi connectivity index (χ3v) is 5.87. The molecule has 1 aromatic carbocycles. The summed E-state index contributed by atoms with van der Waals surface area (Å²) in [6.07, 6.45) is 8.81. The molecule has 1 N–H and O–H groups in total. The normalized spacial score (nSPS) is 15.7. The molecule has 0 spiro atoms. The lowest BCUT2D eigenvalue weighted by molar-refractivity contribution is -0.117. The third kappa shape index (κ3) is 4.23. The van der Waals surface area contributed by atoms with Crippen LogP contribution in [0.15, 0.2) is 36.9 Å².